The van der Waals surface area contributed by atoms with Crippen molar-refractivity contribution >= 4 is 6.41 Å². The standard InChI is InChI=1S/C5H9FNO/c1-2-3-5(6)7-4-8/h5H,2-3H2,1H3,(H,7,8). The third kappa shape index (κ3) is 3.59. The second-order valence-electron chi connectivity index (χ2n) is 1.50. The van der Waals surface area contributed by atoms with Crippen LogP contribution >= 0.6 is 0 Å². The maximum absolute atomic E-state index is 12.0. The van der Waals surface area contributed by atoms with Gasteiger partial charge in [-0.2, -0.15) is 0 Å². The number of alkyl halides is 1. The van der Waals surface area contributed by atoms with Crippen molar-refractivity contribution in [3.8, 4) is 0 Å². The molecule has 0 aliphatic rings. The summed E-state index contributed by atoms with van der Waals surface area (Å²) in [4.78, 5) is 9.41. The highest BCUT2D eigenvalue weighted by atomic mass is 19.1. The molecular formula is C5H9FNO. The van der Waals surface area contributed by atoms with E-state index in [9.17, 15) is 9.18 Å². The SMILES string of the molecule is CCCC(F)N[C]=O. The molecule has 47 valence electrons. The van der Waals surface area contributed by atoms with E-state index in [1.54, 1.807) is 0 Å². The predicted octanol–water partition coefficient (Wildman–Crippen LogP) is 0.739. The monoisotopic (exact) mass is 118 g/mol. The maximum Gasteiger partial charge on any atom is 0.311 e. The van der Waals surface area contributed by atoms with Gasteiger partial charge in [0.2, 0.25) is 0 Å². The molecule has 8 heavy (non-hydrogen) atoms. The van der Waals surface area contributed by atoms with Crippen LogP contribution in [0.15, 0.2) is 0 Å². The third-order valence-electron chi connectivity index (χ3n) is 0.758. The first-order valence-electron chi connectivity index (χ1n) is 2.58. The second-order valence-corrected chi connectivity index (χ2v) is 1.50. The van der Waals surface area contributed by atoms with Gasteiger partial charge in [0.15, 0.2) is 6.30 Å². The van der Waals surface area contributed by atoms with Crippen LogP contribution in [0.5, 0.6) is 0 Å². The van der Waals surface area contributed by atoms with Crippen molar-refractivity contribution in [1.82, 2.24) is 5.32 Å². The summed E-state index contributed by atoms with van der Waals surface area (Å²) in [7, 11) is 0. The summed E-state index contributed by atoms with van der Waals surface area (Å²) in [5.41, 5.74) is 0. The summed E-state index contributed by atoms with van der Waals surface area (Å²) in [5, 5.41) is 1.87. The molecule has 0 aromatic carbocycles. The van der Waals surface area contributed by atoms with Gasteiger partial charge in [-0.3, -0.25) is 4.79 Å². The fourth-order valence-corrected chi connectivity index (χ4v) is 0.390. The lowest BCUT2D eigenvalue weighted by atomic mass is 10.3. The maximum atomic E-state index is 12.0. The van der Waals surface area contributed by atoms with E-state index in [1.807, 2.05) is 12.2 Å². The van der Waals surface area contributed by atoms with Crippen LogP contribution in [0, 0.1) is 0 Å². The van der Waals surface area contributed by atoms with Crippen LogP contribution in [0.3, 0.4) is 0 Å². The molecular weight excluding hydrogens is 109 g/mol. The Labute approximate surface area is 48.1 Å². The van der Waals surface area contributed by atoms with Crippen molar-refractivity contribution in [2.45, 2.75) is 26.1 Å². The number of amides is 1. The first-order chi connectivity index (χ1) is 3.81. The number of hydrogen-bond donors (Lipinski definition) is 1. The molecule has 3 heteroatoms. The minimum atomic E-state index is -1.21. The van der Waals surface area contributed by atoms with Gasteiger partial charge < -0.3 is 5.32 Å². The smallest absolute Gasteiger partial charge is 0.311 e. The fourth-order valence-electron chi connectivity index (χ4n) is 0.390. The minimum absolute atomic E-state index is 0.370. The lowest BCUT2D eigenvalue weighted by molar-refractivity contribution is 0.286. The Morgan fingerprint density at radius 2 is 2.50 bits per heavy atom. The highest BCUT2D eigenvalue weighted by Crippen LogP contribution is 1.94. The van der Waals surface area contributed by atoms with Crippen molar-refractivity contribution in [2.75, 3.05) is 0 Å². The van der Waals surface area contributed by atoms with Gasteiger partial charge in [-0.25, -0.2) is 4.39 Å². The summed E-state index contributed by atoms with van der Waals surface area (Å²) < 4.78 is 12.0. The van der Waals surface area contributed by atoms with Gasteiger partial charge in [0, 0.05) is 0 Å². The Hall–Kier alpha value is -0.600. The van der Waals surface area contributed by atoms with Crippen molar-refractivity contribution in [3.63, 3.8) is 0 Å². The number of nitrogens with one attached hydrogen (secondary N) is 1. The molecule has 0 saturated heterocycles. The molecule has 0 aromatic heterocycles. The summed E-state index contributed by atoms with van der Waals surface area (Å²) in [6.45, 7) is 1.85. The van der Waals surface area contributed by atoms with Gasteiger partial charge in [-0.1, -0.05) is 13.3 Å². The van der Waals surface area contributed by atoms with Gasteiger partial charge in [0.05, 0.1) is 0 Å². The highest BCUT2D eigenvalue weighted by Gasteiger charge is 1.99. The first-order valence-corrected chi connectivity index (χ1v) is 2.58. The fraction of sp³-hybridized carbons (Fsp3) is 0.800. The average molecular weight is 118 g/mol. The van der Waals surface area contributed by atoms with E-state index in [-0.39, 0.29) is 0 Å². The molecule has 0 aliphatic heterocycles. The number of carbonyl (C=O) groups excluding carboxylic acids is 1. The molecule has 0 heterocycles. The van der Waals surface area contributed by atoms with Crippen molar-refractivity contribution in [1.29, 1.82) is 0 Å². The van der Waals surface area contributed by atoms with Crippen LogP contribution in [0.1, 0.15) is 19.8 Å². The normalized spacial score (nSPS) is 12.8. The minimum Gasteiger partial charge on any atom is -0.318 e. The summed E-state index contributed by atoms with van der Waals surface area (Å²) in [6.07, 6.45) is 1.17. The average Bonchev–Trinajstić information content (AvgIpc) is 1.68. The topological polar surface area (TPSA) is 29.1 Å². The molecule has 1 atom stereocenters. The van der Waals surface area contributed by atoms with Crippen molar-refractivity contribution < 1.29 is 9.18 Å². The van der Waals surface area contributed by atoms with Crippen LogP contribution in [0.2, 0.25) is 0 Å². The van der Waals surface area contributed by atoms with Crippen LogP contribution in [-0.2, 0) is 4.79 Å². The number of hydrogen-bond acceptors (Lipinski definition) is 1. The molecule has 1 amide bonds. The summed E-state index contributed by atoms with van der Waals surface area (Å²) >= 11 is 0. The van der Waals surface area contributed by atoms with E-state index >= 15 is 0 Å². The van der Waals surface area contributed by atoms with E-state index in [2.05, 4.69) is 0 Å². The zero-order valence-corrected chi connectivity index (χ0v) is 4.78. The van der Waals surface area contributed by atoms with E-state index in [4.69, 9.17) is 0 Å². The molecule has 0 rings (SSSR count). The first kappa shape index (κ1) is 7.40. The highest BCUT2D eigenvalue weighted by molar-refractivity contribution is 5.47. The Morgan fingerprint density at radius 3 is 2.88 bits per heavy atom. The second kappa shape index (κ2) is 4.56. The molecule has 0 aromatic rings. The Morgan fingerprint density at radius 1 is 1.88 bits per heavy atom. The molecule has 2 nitrogen and oxygen atoms in total. The quantitative estimate of drug-likeness (QED) is 0.428. The largest absolute Gasteiger partial charge is 0.318 e. The zero-order chi connectivity index (χ0) is 6.41. The molecule has 0 spiro atoms. The van der Waals surface area contributed by atoms with Gasteiger partial charge in [-0.05, 0) is 6.42 Å². The lowest BCUT2D eigenvalue weighted by Gasteiger charge is -2.00. The van der Waals surface area contributed by atoms with E-state index in [0.717, 1.165) is 6.42 Å². The van der Waals surface area contributed by atoms with Crippen molar-refractivity contribution in [3.05, 3.63) is 0 Å². The van der Waals surface area contributed by atoms with Gasteiger partial charge >= 0.3 is 6.41 Å². The molecule has 1 unspecified atom stereocenters. The van der Waals surface area contributed by atoms with Crippen LogP contribution in [0.25, 0.3) is 0 Å². The van der Waals surface area contributed by atoms with Crippen LogP contribution in [-0.4, -0.2) is 12.7 Å². The Kier molecular flexibility index (Phi) is 4.21. The van der Waals surface area contributed by atoms with E-state index in [0.29, 0.717) is 6.42 Å². The van der Waals surface area contributed by atoms with Gasteiger partial charge in [0.1, 0.15) is 0 Å². The summed E-state index contributed by atoms with van der Waals surface area (Å²) in [6, 6.07) is 0. The zero-order valence-electron chi connectivity index (χ0n) is 4.78. The van der Waals surface area contributed by atoms with E-state index in [1.165, 1.54) is 6.41 Å². The predicted molar refractivity (Wildman–Crippen MR) is 28.6 cm³/mol. The molecule has 1 radical (unpaired) electrons. The Bertz CT molecular complexity index is 67.4. The van der Waals surface area contributed by atoms with Crippen LogP contribution < -0.4 is 5.32 Å². The van der Waals surface area contributed by atoms with Crippen LogP contribution in [0.4, 0.5) is 4.39 Å². The molecule has 1 N–H and O–H groups in total. The van der Waals surface area contributed by atoms with Crippen molar-refractivity contribution in [2.24, 2.45) is 0 Å². The number of halogens is 1. The Balaban J connectivity index is 3.03. The van der Waals surface area contributed by atoms with Gasteiger partial charge in [0.25, 0.3) is 0 Å². The molecule has 0 fully saturated rings. The number of rotatable bonds is 4. The van der Waals surface area contributed by atoms with E-state index < -0.39 is 6.30 Å². The summed E-state index contributed by atoms with van der Waals surface area (Å²) in [5.74, 6) is 0. The molecule has 0 saturated carbocycles. The van der Waals surface area contributed by atoms with Gasteiger partial charge in [-0.15, -0.1) is 0 Å². The lowest BCUT2D eigenvalue weighted by Crippen LogP contribution is -2.22. The third-order valence-corrected chi connectivity index (χ3v) is 0.758. The molecule has 0 aliphatic carbocycles. The molecule has 0 bridgehead atoms.